The second-order valence-corrected chi connectivity index (χ2v) is 5.75. The maximum absolute atomic E-state index is 13.9. The Morgan fingerprint density at radius 3 is 2.95 bits per heavy atom. The van der Waals surface area contributed by atoms with Gasteiger partial charge in [0.15, 0.2) is 0 Å². The zero-order chi connectivity index (χ0) is 13.8. The molecule has 2 unspecified atom stereocenters. The minimum atomic E-state index is -0.184. The molecule has 1 N–H and O–H groups in total. The molecule has 2 atom stereocenters. The molecule has 1 saturated heterocycles. The Bertz CT molecular complexity index is 425. The van der Waals surface area contributed by atoms with Crippen LogP contribution in [0.4, 0.5) is 10.1 Å². The van der Waals surface area contributed by atoms with Gasteiger partial charge in [0.25, 0.3) is 0 Å². The Labute approximate surface area is 119 Å². The lowest BCUT2D eigenvalue weighted by Crippen LogP contribution is -2.48. The molecule has 106 valence electrons. The number of benzene rings is 1. The van der Waals surface area contributed by atoms with Crippen molar-refractivity contribution in [2.24, 2.45) is 0 Å². The molecule has 1 fully saturated rings. The van der Waals surface area contributed by atoms with Gasteiger partial charge >= 0.3 is 0 Å². The van der Waals surface area contributed by atoms with Crippen molar-refractivity contribution in [2.45, 2.75) is 45.2 Å². The molecule has 1 aromatic carbocycles. The van der Waals surface area contributed by atoms with Crippen LogP contribution in [0.1, 0.15) is 33.1 Å². The van der Waals surface area contributed by atoms with E-state index in [4.69, 9.17) is 11.6 Å². The summed E-state index contributed by atoms with van der Waals surface area (Å²) in [6.45, 7) is 6.26. The fourth-order valence-electron chi connectivity index (χ4n) is 2.77. The first-order chi connectivity index (χ1) is 9.11. The topological polar surface area (TPSA) is 15.3 Å². The third-order valence-corrected chi connectivity index (χ3v) is 4.01. The molecule has 1 aromatic rings. The standard InChI is InChI=1S/C15H22ClFN2/c1-3-7-18-13-6-8-19(11(2)9-13)15-10-12(16)4-5-14(15)17/h4-5,10-11,13,18H,3,6-9H2,1-2H3. The maximum Gasteiger partial charge on any atom is 0.146 e. The molecular formula is C15H22ClFN2. The predicted molar refractivity (Wildman–Crippen MR) is 79.5 cm³/mol. The third-order valence-electron chi connectivity index (χ3n) is 3.78. The number of nitrogens with one attached hydrogen (secondary N) is 1. The highest BCUT2D eigenvalue weighted by molar-refractivity contribution is 6.30. The minimum Gasteiger partial charge on any atom is -0.366 e. The lowest BCUT2D eigenvalue weighted by atomic mass is 9.97. The molecule has 0 amide bonds. The van der Waals surface area contributed by atoms with E-state index in [9.17, 15) is 4.39 Å². The van der Waals surface area contributed by atoms with Crippen molar-refractivity contribution >= 4 is 17.3 Å². The van der Waals surface area contributed by atoms with Crippen LogP contribution in [0, 0.1) is 5.82 Å². The molecule has 0 saturated carbocycles. The van der Waals surface area contributed by atoms with Gasteiger partial charge in [-0.05, 0) is 50.9 Å². The van der Waals surface area contributed by atoms with Gasteiger partial charge in [-0.1, -0.05) is 18.5 Å². The van der Waals surface area contributed by atoms with Crippen LogP contribution in [0.5, 0.6) is 0 Å². The van der Waals surface area contributed by atoms with Crippen molar-refractivity contribution in [3.63, 3.8) is 0 Å². The number of anilines is 1. The first-order valence-electron chi connectivity index (χ1n) is 7.07. The van der Waals surface area contributed by atoms with Crippen molar-refractivity contribution in [2.75, 3.05) is 18.0 Å². The molecule has 0 aromatic heterocycles. The van der Waals surface area contributed by atoms with E-state index >= 15 is 0 Å². The molecule has 1 aliphatic rings. The lowest BCUT2D eigenvalue weighted by Gasteiger charge is -2.39. The third kappa shape index (κ3) is 3.61. The molecule has 2 nitrogen and oxygen atoms in total. The quantitative estimate of drug-likeness (QED) is 0.904. The molecule has 1 heterocycles. The number of nitrogens with zero attached hydrogens (tertiary/aromatic N) is 1. The zero-order valence-corrected chi connectivity index (χ0v) is 12.4. The summed E-state index contributed by atoms with van der Waals surface area (Å²) in [7, 11) is 0. The summed E-state index contributed by atoms with van der Waals surface area (Å²) in [5, 5.41) is 4.15. The van der Waals surface area contributed by atoms with Crippen molar-refractivity contribution in [1.29, 1.82) is 0 Å². The van der Waals surface area contributed by atoms with Gasteiger partial charge in [-0.25, -0.2) is 4.39 Å². The van der Waals surface area contributed by atoms with Gasteiger partial charge in [-0.3, -0.25) is 0 Å². The highest BCUT2D eigenvalue weighted by Crippen LogP contribution is 2.29. The van der Waals surface area contributed by atoms with Crippen LogP contribution in [0.15, 0.2) is 18.2 Å². The molecule has 4 heteroatoms. The van der Waals surface area contributed by atoms with Gasteiger partial charge in [0.1, 0.15) is 5.82 Å². The molecule has 0 aliphatic carbocycles. The van der Waals surface area contributed by atoms with Gasteiger partial charge in [0, 0.05) is 23.7 Å². The SMILES string of the molecule is CCCNC1CCN(c2cc(Cl)ccc2F)C(C)C1. The summed E-state index contributed by atoms with van der Waals surface area (Å²) in [5.74, 6) is -0.184. The van der Waals surface area contributed by atoms with Crippen molar-refractivity contribution in [3.8, 4) is 0 Å². The second-order valence-electron chi connectivity index (χ2n) is 5.31. The number of hydrogen-bond acceptors (Lipinski definition) is 2. The first kappa shape index (κ1) is 14.6. The van der Waals surface area contributed by atoms with E-state index in [1.807, 2.05) is 0 Å². The Kier molecular flexibility index (Phi) is 5.06. The summed E-state index contributed by atoms with van der Waals surface area (Å²) in [4.78, 5) is 2.13. The lowest BCUT2D eigenvalue weighted by molar-refractivity contribution is 0.366. The average molecular weight is 285 g/mol. The summed E-state index contributed by atoms with van der Waals surface area (Å²) in [5.41, 5.74) is 0.633. The molecule has 0 spiro atoms. The molecule has 0 radical (unpaired) electrons. The smallest absolute Gasteiger partial charge is 0.146 e. The summed E-state index contributed by atoms with van der Waals surface area (Å²) in [6.07, 6.45) is 3.25. The maximum atomic E-state index is 13.9. The summed E-state index contributed by atoms with van der Waals surface area (Å²) >= 11 is 5.98. The highest BCUT2D eigenvalue weighted by atomic mass is 35.5. The van der Waals surface area contributed by atoms with Gasteiger partial charge in [-0.15, -0.1) is 0 Å². The molecular weight excluding hydrogens is 263 g/mol. The average Bonchev–Trinajstić information content (AvgIpc) is 2.40. The van der Waals surface area contributed by atoms with Crippen LogP contribution in [0.3, 0.4) is 0 Å². The van der Waals surface area contributed by atoms with Crippen LogP contribution < -0.4 is 10.2 Å². The van der Waals surface area contributed by atoms with Crippen molar-refractivity contribution in [1.82, 2.24) is 5.32 Å². The van der Waals surface area contributed by atoms with E-state index in [1.54, 1.807) is 12.1 Å². The normalized spacial score (nSPS) is 23.7. The van der Waals surface area contributed by atoms with Crippen LogP contribution in [0.25, 0.3) is 0 Å². The Hall–Kier alpha value is -0.800. The predicted octanol–water partition coefficient (Wildman–Crippen LogP) is 3.84. The zero-order valence-electron chi connectivity index (χ0n) is 11.6. The fourth-order valence-corrected chi connectivity index (χ4v) is 2.94. The summed E-state index contributed by atoms with van der Waals surface area (Å²) in [6, 6.07) is 5.66. The largest absolute Gasteiger partial charge is 0.366 e. The Morgan fingerprint density at radius 2 is 2.26 bits per heavy atom. The van der Waals surface area contributed by atoms with E-state index in [0.29, 0.717) is 22.8 Å². The highest BCUT2D eigenvalue weighted by Gasteiger charge is 2.26. The van der Waals surface area contributed by atoms with Crippen LogP contribution in [-0.2, 0) is 0 Å². The van der Waals surface area contributed by atoms with E-state index in [-0.39, 0.29) is 5.82 Å². The Balaban J connectivity index is 2.05. The van der Waals surface area contributed by atoms with Gasteiger partial charge < -0.3 is 10.2 Å². The van der Waals surface area contributed by atoms with Gasteiger partial charge in [0.05, 0.1) is 5.69 Å². The van der Waals surface area contributed by atoms with E-state index in [0.717, 1.165) is 32.4 Å². The fraction of sp³-hybridized carbons (Fsp3) is 0.600. The van der Waals surface area contributed by atoms with E-state index in [2.05, 4.69) is 24.1 Å². The van der Waals surface area contributed by atoms with Gasteiger partial charge in [-0.2, -0.15) is 0 Å². The van der Waals surface area contributed by atoms with Crippen molar-refractivity contribution < 1.29 is 4.39 Å². The van der Waals surface area contributed by atoms with E-state index in [1.165, 1.54) is 6.07 Å². The number of hydrogen-bond donors (Lipinski definition) is 1. The van der Waals surface area contributed by atoms with Crippen LogP contribution in [0.2, 0.25) is 5.02 Å². The van der Waals surface area contributed by atoms with Crippen LogP contribution in [-0.4, -0.2) is 25.2 Å². The number of rotatable bonds is 4. The number of halogens is 2. The molecule has 0 bridgehead atoms. The van der Waals surface area contributed by atoms with Gasteiger partial charge in [0.2, 0.25) is 0 Å². The molecule has 2 rings (SSSR count). The molecule has 19 heavy (non-hydrogen) atoms. The van der Waals surface area contributed by atoms with E-state index < -0.39 is 0 Å². The first-order valence-corrected chi connectivity index (χ1v) is 7.44. The number of piperidine rings is 1. The Morgan fingerprint density at radius 1 is 1.47 bits per heavy atom. The molecule has 1 aliphatic heterocycles. The van der Waals surface area contributed by atoms with Crippen LogP contribution >= 0.6 is 11.6 Å². The minimum absolute atomic E-state index is 0.184. The second kappa shape index (κ2) is 6.58. The monoisotopic (exact) mass is 284 g/mol. The van der Waals surface area contributed by atoms with Crippen molar-refractivity contribution in [3.05, 3.63) is 29.0 Å². The summed E-state index contributed by atoms with van der Waals surface area (Å²) < 4.78 is 13.9.